The topological polar surface area (TPSA) is 0 Å². The molecule has 0 saturated carbocycles. The van der Waals surface area contributed by atoms with Crippen molar-refractivity contribution in [3.63, 3.8) is 0 Å². The number of rotatable bonds is 1. The van der Waals surface area contributed by atoms with Crippen molar-refractivity contribution in [2.45, 2.75) is 35.1 Å². The van der Waals surface area contributed by atoms with E-state index in [9.17, 15) is 4.39 Å². The van der Waals surface area contributed by atoms with Crippen LogP contribution in [-0.4, -0.2) is 0 Å². The quantitative estimate of drug-likeness (QED) is 0.608. The summed E-state index contributed by atoms with van der Waals surface area (Å²) in [7, 11) is 0. The molecular weight excluding hydrogens is 175 g/mol. The first-order valence-corrected chi connectivity index (χ1v) is 4.54. The summed E-state index contributed by atoms with van der Waals surface area (Å²) in [5, 5.41) is 0. The molecule has 0 N–H and O–H groups in total. The van der Waals surface area contributed by atoms with Gasteiger partial charge in [0.1, 0.15) is 5.82 Å². The van der Waals surface area contributed by atoms with Crippen LogP contribution in [0.3, 0.4) is 0 Å². The molecule has 0 aliphatic heterocycles. The first-order chi connectivity index (χ1) is 6.15. The van der Waals surface area contributed by atoms with E-state index in [0.29, 0.717) is 5.56 Å². The maximum absolute atomic E-state index is 13.0. The van der Waals surface area contributed by atoms with Gasteiger partial charge in [-0.1, -0.05) is 40.0 Å². The lowest BCUT2D eigenvalue weighted by Gasteiger charge is -2.02. The number of benzene rings is 1. The van der Waals surface area contributed by atoms with Gasteiger partial charge in [0, 0.05) is 5.56 Å². The lowest BCUT2D eigenvalue weighted by Crippen LogP contribution is -1.88. The molecule has 1 aromatic carbocycles. The summed E-state index contributed by atoms with van der Waals surface area (Å²) in [5.74, 6) is -0.183. The van der Waals surface area contributed by atoms with E-state index in [1.807, 2.05) is 33.8 Å². The Morgan fingerprint density at radius 1 is 1.21 bits per heavy atom. The Hall–Kier alpha value is -1.11. The van der Waals surface area contributed by atoms with Gasteiger partial charge in [-0.15, -0.1) is 0 Å². The Morgan fingerprint density at radius 2 is 1.71 bits per heavy atom. The van der Waals surface area contributed by atoms with Crippen LogP contribution in [0.2, 0.25) is 0 Å². The van der Waals surface area contributed by atoms with Gasteiger partial charge in [0.05, 0.1) is 0 Å². The van der Waals surface area contributed by atoms with Crippen LogP contribution in [0.1, 0.15) is 38.0 Å². The molecule has 0 bridgehead atoms. The normalized spacial score (nSPS) is 8.07. The number of hydrogen-bond acceptors (Lipinski definition) is 0. The summed E-state index contributed by atoms with van der Waals surface area (Å²) in [6.45, 7) is 11.3. The third kappa shape index (κ3) is 3.73. The van der Waals surface area contributed by atoms with E-state index in [2.05, 4.69) is 6.58 Å². The van der Waals surface area contributed by atoms with E-state index in [0.717, 1.165) is 11.1 Å². The zero-order valence-corrected chi connectivity index (χ0v) is 8.82. The fourth-order valence-corrected chi connectivity index (χ4v) is 1.19. The number of aryl methyl sites for hydroxylation is 2. The van der Waals surface area contributed by atoms with Crippen molar-refractivity contribution in [3.05, 3.63) is 41.2 Å². The highest BCUT2D eigenvalue weighted by atomic mass is 19.1. The molecule has 0 spiro atoms. The Bertz CT molecular complexity index is 264. The second kappa shape index (κ2) is 7.31. The van der Waals surface area contributed by atoms with Gasteiger partial charge in [0.2, 0.25) is 0 Å². The van der Waals surface area contributed by atoms with Gasteiger partial charge in [0.15, 0.2) is 0 Å². The van der Waals surface area contributed by atoms with Gasteiger partial charge in [-0.25, -0.2) is 4.39 Å². The maximum Gasteiger partial charge on any atom is 0.130 e. The predicted molar refractivity (Wildman–Crippen MR) is 64.0 cm³/mol. The molecule has 0 heterocycles. The Labute approximate surface area is 87.5 Å². The summed E-state index contributed by atoms with van der Waals surface area (Å²) < 4.78 is 13.0. The SMILES string of the molecule is C.C=Cc1c(C)cc(C)cc1F.CC. The summed E-state index contributed by atoms with van der Waals surface area (Å²) in [5.41, 5.74) is 2.50. The van der Waals surface area contributed by atoms with Gasteiger partial charge in [-0.05, 0) is 31.0 Å². The molecule has 1 rings (SSSR count). The number of hydrogen-bond donors (Lipinski definition) is 0. The van der Waals surface area contributed by atoms with Crippen molar-refractivity contribution in [1.82, 2.24) is 0 Å². The summed E-state index contributed by atoms with van der Waals surface area (Å²) in [6.07, 6.45) is 1.55. The molecular formula is C13H21F. The molecule has 0 amide bonds. The maximum atomic E-state index is 13.0. The molecule has 0 aromatic heterocycles. The summed E-state index contributed by atoms with van der Waals surface area (Å²) in [4.78, 5) is 0. The second-order valence-electron chi connectivity index (χ2n) is 2.68. The first-order valence-electron chi connectivity index (χ1n) is 4.54. The second-order valence-corrected chi connectivity index (χ2v) is 2.68. The average Bonchev–Trinajstić information content (AvgIpc) is 2.07. The molecule has 0 aliphatic carbocycles. The fraction of sp³-hybridized carbons (Fsp3) is 0.385. The molecule has 14 heavy (non-hydrogen) atoms. The van der Waals surface area contributed by atoms with E-state index in [-0.39, 0.29) is 13.2 Å². The van der Waals surface area contributed by atoms with Gasteiger partial charge >= 0.3 is 0 Å². The highest BCUT2D eigenvalue weighted by molar-refractivity contribution is 5.53. The monoisotopic (exact) mass is 196 g/mol. The molecule has 0 atom stereocenters. The van der Waals surface area contributed by atoms with Crippen molar-refractivity contribution in [2.75, 3.05) is 0 Å². The summed E-state index contributed by atoms with van der Waals surface area (Å²) in [6, 6.07) is 3.46. The van der Waals surface area contributed by atoms with Crippen LogP contribution in [0.15, 0.2) is 18.7 Å². The zero-order valence-electron chi connectivity index (χ0n) is 8.82. The highest BCUT2D eigenvalue weighted by Gasteiger charge is 2.01. The van der Waals surface area contributed by atoms with Crippen LogP contribution in [0.4, 0.5) is 4.39 Å². The van der Waals surface area contributed by atoms with E-state index in [1.54, 1.807) is 6.08 Å². The van der Waals surface area contributed by atoms with Crippen molar-refractivity contribution < 1.29 is 4.39 Å². The number of halogens is 1. The van der Waals surface area contributed by atoms with Gasteiger partial charge < -0.3 is 0 Å². The van der Waals surface area contributed by atoms with Crippen LogP contribution >= 0.6 is 0 Å². The lowest BCUT2D eigenvalue weighted by molar-refractivity contribution is 0.622. The third-order valence-corrected chi connectivity index (χ3v) is 1.68. The average molecular weight is 196 g/mol. The van der Waals surface area contributed by atoms with Crippen molar-refractivity contribution in [1.29, 1.82) is 0 Å². The fourth-order valence-electron chi connectivity index (χ4n) is 1.19. The van der Waals surface area contributed by atoms with Crippen LogP contribution < -0.4 is 0 Å². The smallest absolute Gasteiger partial charge is 0.130 e. The van der Waals surface area contributed by atoms with Crippen LogP contribution in [0, 0.1) is 19.7 Å². The van der Waals surface area contributed by atoms with Gasteiger partial charge in [0.25, 0.3) is 0 Å². The van der Waals surface area contributed by atoms with Gasteiger partial charge in [-0.3, -0.25) is 0 Å². The van der Waals surface area contributed by atoms with E-state index in [4.69, 9.17) is 0 Å². The van der Waals surface area contributed by atoms with Crippen molar-refractivity contribution in [3.8, 4) is 0 Å². The zero-order chi connectivity index (χ0) is 10.4. The minimum absolute atomic E-state index is 0. The van der Waals surface area contributed by atoms with E-state index < -0.39 is 0 Å². The molecule has 0 nitrogen and oxygen atoms in total. The Balaban J connectivity index is 0. The Kier molecular flexibility index (Phi) is 8.02. The molecule has 0 fully saturated rings. The minimum atomic E-state index is -0.183. The third-order valence-electron chi connectivity index (χ3n) is 1.68. The van der Waals surface area contributed by atoms with Crippen molar-refractivity contribution >= 4 is 6.08 Å². The predicted octanol–water partition coefficient (Wildman–Crippen LogP) is 4.75. The van der Waals surface area contributed by atoms with Crippen LogP contribution in [0.25, 0.3) is 6.08 Å². The van der Waals surface area contributed by atoms with E-state index in [1.165, 1.54) is 6.07 Å². The minimum Gasteiger partial charge on any atom is -0.206 e. The van der Waals surface area contributed by atoms with E-state index >= 15 is 0 Å². The van der Waals surface area contributed by atoms with Crippen LogP contribution in [0.5, 0.6) is 0 Å². The van der Waals surface area contributed by atoms with Crippen molar-refractivity contribution in [2.24, 2.45) is 0 Å². The lowest BCUT2D eigenvalue weighted by atomic mass is 10.1. The first kappa shape index (κ1) is 15.4. The van der Waals surface area contributed by atoms with Gasteiger partial charge in [-0.2, -0.15) is 0 Å². The van der Waals surface area contributed by atoms with Crippen LogP contribution in [-0.2, 0) is 0 Å². The Morgan fingerprint density at radius 3 is 2.07 bits per heavy atom. The molecule has 0 aliphatic rings. The highest BCUT2D eigenvalue weighted by Crippen LogP contribution is 2.15. The molecule has 0 unspecified atom stereocenters. The standard InChI is InChI=1S/C10H11F.C2H6.CH4/c1-4-9-8(3)5-7(2)6-10(9)11;1-2;/h4-6H,1H2,2-3H3;1-2H3;1H4. The largest absolute Gasteiger partial charge is 0.206 e. The molecule has 0 saturated heterocycles. The summed E-state index contributed by atoms with van der Waals surface area (Å²) >= 11 is 0. The molecule has 1 heteroatoms. The molecule has 0 radical (unpaired) electrons. The molecule has 80 valence electrons. The molecule has 1 aromatic rings.